The fraction of sp³-hybridized carbons (Fsp3) is 0.357. The van der Waals surface area contributed by atoms with E-state index in [0.717, 1.165) is 33.6 Å². The first-order chi connectivity index (χ1) is 9.70. The molecule has 3 aromatic rings. The van der Waals surface area contributed by atoms with Crippen molar-refractivity contribution in [1.82, 2.24) is 9.97 Å². The molecular weight excluding hydrogens is 290 g/mol. The van der Waals surface area contributed by atoms with Crippen LogP contribution in [0.5, 0.6) is 0 Å². The summed E-state index contributed by atoms with van der Waals surface area (Å²) in [5.41, 5.74) is 1.95. The minimum Gasteiger partial charge on any atom is -0.302 e. The average Bonchev–Trinajstić information content (AvgIpc) is 2.87. The average molecular weight is 303 g/mol. The number of rotatable bonds is 2. The van der Waals surface area contributed by atoms with Crippen molar-refractivity contribution in [3.8, 4) is 0 Å². The summed E-state index contributed by atoms with van der Waals surface area (Å²) >= 11 is 3.23. The molecule has 0 atom stereocenters. The van der Waals surface area contributed by atoms with Gasteiger partial charge in [0.25, 0.3) is 0 Å². The van der Waals surface area contributed by atoms with Gasteiger partial charge in [0.2, 0.25) is 5.91 Å². The largest absolute Gasteiger partial charge is 0.302 e. The lowest BCUT2D eigenvalue weighted by atomic mass is 9.85. The Kier molecular flexibility index (Phi) is 2.75. The molecule has 1 saturated carbocycles. The first-order valence-electron chi connectivity index (χ1n) is 6.68. The van der Waals surface area contributed by atoms with Crippen molar-refractivity contribution < 1.29 is 4.79 Å². The van der Waals surface area contributed by atoms with Gasteiger partial charge in [-0.3, -0.25) is 4.79 Å². The number of aryl methyl sites for hydroxylation is 1. The van der Waals surface area contributed by atoms with Crippen molar-refractivity contribution in [2.24, 2.45) is 5.92 Å². The molecule has 1 aliphatic rings. The van der Waals surface area contributed by atoms with Crippen LogP contribution in [-0.4, -0.2) is 15.9 Å². The molecule has 1 aromatic carbocycles. The Hall–Kier alpha value is -1.53. The summed E-state index contributed by atoms with van der Waals surface area (Å²) in [6, 6.07) is 3.98. The molecule has 0 aliphatic heterocycles. The van der Waals surface area contributed by atoms with Crippen molar-refractivity contribution in [3.63, 3.8) is 0 Å². The van der Waals surface area contributed by atoms with E-state index in [1.165, 1.54) is 11.1 Å². The van der Waals surface area contributed by atoms with Crippen molar-refractivity contribution in [3.05, 3.63) is 17.1 Å². The highest BCUT2D eigenvalue weighted by Crippen LogP contribution is 2.36. The summed E-state index contributed by atoms with van der Waals surface area (Å²) < 4.78 is 2.29. The van der Waals surface area contributed by atoms with Gasteiger partial charge in [0.05, 0.1) is 25.4 Å². The summed E-state index contributed by atoms with van der Waals surface area (Å²) in [7, 11) is 0. The molecule has 4 nitrogen and oxygen atoms in total. The van der Waals surface area contributed by atoms with Crippen LogP contribution in [0.25, 0.3) is 20.4 Å². The fourth-order valence-corrected chi connectivity index (χ4v) is 4.43. The molecule has 0 saturated heterocycles. The highest BCUT2D eigenvalue weighted by atomic mass is 32.1. The topological polar surface area (TPSA) is 54.9 Å². The van der Waals surface area contributed by atoms with Crippen LogP contribution < -0.4 is 5.32 Å². The third-order valence-corrected chi connectivity index (χ3v) is 5.86. The second-order valence-corrected chi connectivity index (χ2v) is 7.33. The van der Waals surface area contributed by atoms with Crippen molar-refractivity contribution in [2.45, 2.75) is 26.2 Å². The zero-order chi connectivity index (χ0) is 13.7. The Morgan fingerprint density at radius 1 is 1.20 bits per heavy atom. The molecule has 0 spiro atoms. The number of amides is 1. The van der Waals surface area contributed by atoms with E-state index in [0.29, 0.717) is 5.13 Å². The highest BCUT2D eigenvalue weighted by molar-refractivity contribution is 7.28. The Balaban J connectivity index is 1.74. The number of hydrogen-bond donors (Lipinski definition) is 1. The number of hydrogen-bond acceptors (Lipinski definition) is 5. The van der Waals surface area contributed by atoms with Crippen molar-refractivity contribution in [1.29, 1.82) is 0 Å². The molecule has 1 amide bonds. The first-order valence-corrected chi connectivity index (χ1v) is 8.31. The lowest BCUT2D eigenvalue weighted by Gasteiger charge is -2.23. The van der Waals surface area contributed by atoms with E-state index in [9.17, 15) is 4.79 Å². The number of fused-ring (bicyclic) bond motifs is 3. The third kappa shape index (κ3) is 1.91. The molecule has 2 aromatic heterocycles. The van der Waals surface area contributed by atoms with E-state index in [1.54, 1.807) is 22.7 Å². The molecule has 6 heteroatoms. The summed E-state index contributed by atoms with van der Waals surface area (Å²) in [5.74, 6) is 0.305. The smallest absolute Gasteiger partial charge is 0.229 e. The van der Waals surface area contributed by atoms with Gasteiger partial charge in [-0.15, -0.1) is 11.3 Å². The van der Waals surface area contributed by atoms with Crippen molar-refractivity contribution >= 4 is 54.1 Å². The van der Waals surface area contributed by atoms with E-state index in [-0.39, 0.29) is 11.8 Å². The lowest BCUT2D eigenvalue weighted by molar-refractivity contribution is -0.122. The molecule has 0 unspecified atom stereocenters. The standard InChI is InChI=1S/C14H13N3OS2/c1-7-15-9-5-6-10-12(11(9)19-7)20-14(16-10)17-13(18)8-3-2-4-8/h5-6,8H,2-4H2,1H3,(H,16,17,18). The maximum atomic E-state index is 12.0. The predicted molar refractivity (Wildman–Crippen MR) is 83.5 cm³/mol. The summed E-state index contributed by atoms with van der Waals surface area (Å²) in [6.07, 6.45) is 3.18. The zero-order valence-corrected chi connectivity index (χ0v) is 12.6. The van der Waals surface area contributed by atoms with Gasteiger partial charge in [-0.2, -0.15) is 0 Å². The Morgan fingerprint density at radius 2 is 1.90 bits per heavy atom. The molecule has 1 N–H and O–H groups in total. The maximum absolute atomic E-state index is 12.0. The quantitative estimate of drug-likeness (QED) is 0.780. The van der Waals surface area contributed by atoms with Crippen LogP contribution >= 0.6 is 22.7 Å². The van der Waals surface area contributed by atoms with Gasteiger partial charge in [0, 0.05) is 5.92 Å². The van der Waals surface area contributed by atoms with Gasteiger partial charge in [-0.25, -0.2) is 9.97 Å². The zero-order valence-electron chi connectivity index (χ0n) is 11.0. The number of carbonyl (C=O) groups is 1. The van der Waals surface area contributed by atoms with Gasteiger partial charge in [-0.1, -0.05) is 17.8 Å². The van der Waals surface area contributed by atoms with Crippen LogP contribution in [0, 0.1) is 12.8 Å². The highest BCUT2D eigenvalue weighted by Gasteiger charge is 2.26. The molecule has 102 valence electrons. The number of anilines is 1. The number of carbonyl (C=O) groups excluding carboxylic acids is 1. The number of nitrogens with zero attached hydrogens (tertiary/aromatic N) is 2. The normalized spacial score (nSPS) is 15.7. The molecule has 20 heavy (non-hydrogen) atoms. The van der Waals surface area contributed by atoms with Crippen molar-refractivity contribution in [2.75, 3.05) is 5.32 Å². The van der Waals surface area contributed by atoms with Crippen LogP contribution in [0.15, 0.2) is 12.1 Å². The Morgan fingerprint density at radius 3 is 2.60 bits per heavy atom. The van der Waals surface area contributed by atoms with E-state index in [4.69, 9.17) is 0 Å². The predicted octanol–water partition coefficient (Wildman–Crippen LogP) is 3.95. The van der Waals surface area contributed by atoms with Crippen LogP contribution in [0.4, 0.5) is 5.13 Å². The number of thiazole rings is 2. The van der Waals surface area contributed by atoms with E-state index in [2.05, 4.69) is 15.3 Å². The van der Waals surface area contributed by atoms with Gasteiger partial charge in [0.1, 0.15) is 0 Å². The van der Waals surface area contributed by atoms with Gasteiger partial charge in [-0.05, 0) is 31.9 Å². The molecule has 4 rings (SSSR count). The van der Waals surface area contributed by atoms with Crippen LogP contribution in [0.2, 0.25) is 0 Å². The van der Waals surface area contributed by atoms with E-state index < -0.39 is 0 Å². The molecule has 1 fully saturated rings. The molecule has 0 radical (unpaired) electrons. The molecular formula is C14H13N3OS2. The fourth-order valence-electron chi connectivity index (χ4n) is 2.42. The summed E-state index contributed by atoms with van der Waals surface area (Å²) in [4.78, 5) is 21.0. The van der Waals surface area contributed by atoms with Crippen LogP contribution in [0.3, 0.4) is 0 Å². The first kappa shape index (κ1) is 12.2. The minimum atomic E-state index is 0.118. The van der Waals surface area contributed by atoms with E-state index in [1.807, 2.05) is 19.1 Å². The van der Waals surface area contributed by atoms with Gasteiger partial charge < -0.3 is 5.32 Å². The van der Waals surface area contributed by atoms with Crippen LogP contribution in [0.1, 0.15) is 24.3 Å². The lowest BCUT2D eigenvalue weighted by Crippen LogP contribution is -2.27. The summed E-state index contributed by atoms with van der Waals surface area (Å²) in [6.45, 7) is 2.01. The SMILES string of the molecule is Cc1nc2ccc3nc(NC(=O)C4CCC4)sc3c2s1. The third-order valence-electron chi connectivity index (χ3n) is 3.73. The van der Waals surface area contributed by atoms with Gasteiger partial charge >= 0.3 is 0 Å². The summed E-state index contributed by atoms with van der Waals surface area (Å²) in [5, 5.41) is 4.72. The molecule has 2 heterocycles. The Labute approximate surface area is 123 Å². The molecule has 1 aliphatic carbocycles. The van der Waals surface area contributed by atoms with Crippen LogP contribution in [-0.2, 0) is 4.79 Å². The number of nitrogens with one attached hydrogen (secondary N) is 1. The second kappa shape index (κ2) is 4.49. The minimum absolute atomic E-state index is 0.118. The Bertz CT molecular complexity index is 816. The second-order valence-electron chi connectivity index (χ2n) is 5.13. The van der Waals surface area contributed by atoms with E-state index >= 15 is 0 Å². The maximum Gasteiger partial charge on any atom is 0.229 e. The number of aromatic nitrogens is 2. The monoisotopic (exact) mass is 303 g/mol. The molecule has 0 bridgehead atoms. The number of benzene rings is 1. The van der Waals surface area contributed by atoms with Gasteiger partial charge in [0.15, 0.2) is 5.13 Å².